The number of halogens is 2. The molecule has 0 saturated heterocycles. The molecule has 0 aliphatic rings. The van der Waals surface area contributed by atoms with Crippen LogP contribution in [-0.2, 0) is 15.6 Å². The molecule has 0 amide bonds. The Balaban J connectivity index is 2.55. The van der Waals surface area contributed by atoms with E-state index in [0.717, 1.165) is 0 Å². The summed E-state index contributed by atoms with van der Waals surface area (Å²) < 4.78 is 22.4. The van der Waals surface area contributed by atoms with Crippen LogP contribution in [0.2, 0.25) is 5.02 Å². The molecule has 0 aliphatic heterocycles. The quantitative estimate of drug-likeness (QED) is 0.729. The van der Waals surface area contributed by atoms with Gasteiger partial charge in [-0.05, 0) is 0 Å². The average molecular weight is 229 g/mol. The Kier molecular flexibility index (Phi) is 2.98. The smallest absolute Gasteiger partial charge is 0.234 e. The minimum Gasteiger partial charge on any atom is -0.270 e. The van der Waals surface area contributed by atoms with E-state index in [1.807, 2.05) is 0 Å². The van der Waals surface area contributed by atoms with Crippen LogP contribution < -0.4 is 0 Å². The van der Waals surface area contributed by atoms with Gasteiger partial charge in [0.2, 0.25) is 9.05 Å². The van der Waals surface area contributed by atoms with E-state index >= 15 is 0 Å². The van der Waals surface area contributed by atoms with Crippen LogP contribution in [0.5, 0.6) is 0 Å². The van der Waals surface area contributed by atoms with Gasteiger partial charge in [-0.2, -0.15) is 5.10 Å². The molecule has 68 valence electrons. The Hall–Kier alpha value is -0.260. The second kappa shape index (κ2) is 3.64. The molecule has 0 spiro atoms. The maximum atomic E-state index is 10.5. The van der Waals surface area contributed by atoms with Crippen molar-refractivity contribution in [3.05, 3.63) is 17.4 Å². The summed E-state index contributed by atoms with van der Waals surface area (Å²) in [6.45, 7) is 0.221. The standard InChI is InChI=1S/C5H6Cl2N2O2S/c6-5-3-8-9(4-5)1-2-12(7,10)11/h3-4H,1-2H2. The van der Waals surface area contributed by atoms with Crippen molar-refractivity contribution in [2.24, 2.45) is 0 Å². The van der Waals surface area contributed by atoms with Crippen LogP contribution in [0.4, 0.5) is 0 Å². The first-order chi connectivity index (χ1) is 5.47. The van der Waals surface area contributed by atoms with Gasteiger partial charge in [0.05, 0.1) is 23.5 Å². The van der Waals surface area contributed by atoms with Crippen molar-refractivity contribution in [3.8, 4) is 0 Å². The molecule has 7 heteroatoms. The summed E-state index contributed by atoms with van der Waals surface area (Å²) in [6, 6.07) is 0. The first kappa shape index (κ1) is 9.83. The Labute approximate surface area is 79.5 Å². The van der Waals surface area contributed by atoms with Crippen LogP contribution in [0.1, 0.15) is 0 Å². The van der Waals surface area contributed by atoms with E-state index in [1.54, 1.807) is 0 Å². The monoisotopic (exact) mass is 228 g/mol. The lowest BCUT2D eigenvalue weighted by Crippen LogP contribution is -2.07. The lowest BCUT2D eigenvalue weighted by atomic mass is 10.7. The Bertz CT molecular complexity index is 359. The lowest BCUT2D eigenvalue weighted by molar-refractivity contribution is 0.593. The first-order valence-electron chi connectivity index (χ1n) is 3.08. The molecule has 1 aromatic rings. The molecular formula is C5H6Cl2N2O2S. The lowest BCUT2D eigenvalue weighted by Gasteiger charge is -1.96. The number of aromatic nitrogens is 2. The Morgan fingerprint density at radius 2 is 2.25 bits per heavy atom. The van der Waals surface area contributed by atoms with Gasteiger partial charge in [-0.15, -0.1) is 0 Å². The molecule has 0 atom stereocenters. The summed E-state index contributed by atoms with van der Waals surface area (Å²) in [5.41, 5.74) is 0. The second-order valence-electron chi connectivity index (χ2n) is 2.16. The van der Waals surface area contributed by atoms with Crippen LogP contribution in [0, 0.1) is 0 Å². The fourth-order valence-electron chi connectivity index (χ4n) is 0.663. The minimum atomic E-state index is -3.44. The SMILES string of the molecule is O=S(=O)(Cl)CCn1cc(Cl)cn1. The molecule has 0 aliphatic carbocycles. The van der Waals surface area contributed by atoms with Gasteiger partial charge in [0, 0.05) is 16.9 Å². The number of aryl methyl sites for hydroxylation is 1. The number of rotatable bonds is 3. The maximum absolute atomic E-state index is 10.5. The van der Waals surface area contributed by atoms with Gasteiger partial charge in [-0.3, -0.25) is 4.68 Å². The van der Waals surface area contributed by atoms with Crippen molar-refractivity contribution in [2.75, 3.05) is 5.75 Å². The third-order valence-electron chi connectivity index (χ3n) is 1.17. The molecule has 0 N–H and O–H groups in total. The summed E-state index contributed by atoms with van der Waals surface area (Å²) in [5, 5.41) is 4.25. The van der Waals surface area contributed by atoms with Crippen molar-refractivity contribution in [1.29, 1.82) is 0 Å². The van der Waals surface area contributed by atoms with E-state index in [-0.39, 0.29) is 12.3 Å². The predicted octanol–water partition coefficient (Wildman–Crippen LogP) is 1.11. The van der Waals surface area contributed by atoms with Gasteiger partial charge in [-0.1, -0.05) is 11.6 Å². The Morgan fingerprint density at radius 1 is 1.58 bits per heavy atom. The highest BCUT2D eigenvalue weighted by Crippen LogP contribution is 2.05. The predicted molar refractivity (Wildman–Crippen MR) is 46.9 cm³/mol. The van der Waals surface area contributed by atoms with Gasteiger partial charge in [-0.25, -0.2) is 8.42 Å². The molecule has 1 heterocycles. The van der Waals surface area contributed by atoms with E-state index < -0.39 is 9.05 Å². The zero-order valence-electron chi connectivity index (χ0n) is 5.94. The normalized spacial score (nSPS) is 11.8. The van der Waals surface area contributed by atoms with Crippen LogP contribution in [0.3, 0.4) is 0 Å². The van der Waals surface area contributed by atoms with Gasteiger partial charge in [0.1, 0.15) is 0 Å². The van der Waals surface area contributed by atoms with Gasteiger partial charge < -0.3 is 0 Å². The molecule has 0 bridgehead atoms. The second-order valence-corrected chi connectivity index (χ2v) is 5.50. The highest BCUT2D eigenvalue weighted by Gasteiger charge is 2.05. The topological polar surface area (TPSA) is 52.0 Å². The fraction of sp³-hybridized carbons (Fsp3) is 0.400. The van der Waals surface area contributed by atoms with Crippen LogP contribution >= 0.6 is 22.3 Å². The minimum absolute atomic E-state index is 0.146. The molecule has 0 unspecified atom stereocenters. The van der Waals surface area contributed by atoms with Crippen molar-refractivity contribution >= 4 is 31.3 Å². The van der Waals surface area contributed by atoms with Gasteiger partial charge >= 0.3 is 0 Å². The molecule has 0 saturated carbocycles. The van der Waals surface area contributed by atoms with Gasteiger partial charge in [0.25, 0.3) is 0 Å². The van der Waals surface area contributed by atoms with Crippen LogP contribution in [0.25, 0.3) is 0 Å². The van der Waals surface area contributed by atoms with E-state index in [4.69, 9.17) is 22.3 Å². The number of nitrogens with zero attached hydrogens (tertiary/aromatic N) is 2. The van der Waals surface area contributed by atoms with Gasteiger partial charge in [0.15, 0.2) is 0 Å². The Morgan fingerprint density at radius 3 is 2.67 bits per heavy atom. The largest absolute Gasteiger partial charge is 0.270 e. The molecule has 1 aromatic heterocycles. The first-order valence-corrected chi connectivity index (χ1v) is 5.93. The number of hydrogen-bond donors (Lipinski definition) is 0. The molecule has 0 aromatic carbocycles. The van der Waals surface area contributed by atoms with Crippen molar-refractivity contribution in [3.63, 3.8) is 0 Å². The van der Waals surface area contributed by atoms with E-state index in [0.29, 0.717) is 5.02 Å². The zero-order valence-corrected chi connectivity index (χ0v) is 8.27. The molecule has 12 heavy (non-hydrogen) atoms. The third kappa shape index (κ3) is 3.42. The van der Waals surface area contributed by atoms with Crippen molar-refractivity contribution in [2.45, 2.75) is 6.54 Å². The van der Waals surface area contributed by atoms with Crippen LogP contribution in [-0.4, -0.2) is 24.0 Å². The highest BCUT2D eigenvalue weighted by molar-refractivity contribution is 8.13. The fourth-order valence-corrected chi connectivity index (χ4v) is 1.43. The van der Waals surface area contributed by atoms with Crippen LogP contribution in [0.15, 0.2) is 12.4 Å². The summed E-state index contributed by atoms with van der Waals surface area (Å²) in [4.78, 5) is 0. The molecular weight excluding hydrogens is 223 g/mol. The van der Waals surface area contributed by atoms with E-state index in [9.17, 15) is 8.42 Å². The van der Waals surface area contributed by atoms with E-state index in [2.05, 4.69) is 5.10 Å². The highest BCUT2D eigenvalue weighted by atomic mass is 35.7. The average Bonchev–Trinajstić information content (AvgIpc) is 2.30. The molecule has 1 rings (SSSR count). The summed E-state index contributed by atoms with van der Waals surface area (Å²) in [5.74, 6) is -0.146. The van der Waals surface area contributed by atoms with E-state index in [1.165, 1.54) is 17.1 Å². The zero-order chi connectivity index (χ0) is 9.19. The molecule has 0 fully saturated rings. The number of hydrogen-bond acceptors (Lipinski definition) is 3. The maximum Gasteiger partial charge on any atom is 0.234 e. The molecule has 4 nitrogen and oxygen atoms in total. The summed E-state index contributed by atoms with van der Waals surface area (Å²) in [7, 11) is 1.54. The third-order valence-corrected chi connectivity index (χ3v) is 2.49. The molecule has 0 radical (unpaired) electrons. The van der Waals surface area contributed by atoms with Crippen molar-refractivity contribution in [1.82, 2.24) is 9.78 Å². The summed E-state index contributed by atoms with van der Waals surface area (Å²) in [6.07, 6.45) is 2.96. The van der Waals surface area contributed by atoms with Crippen molar-refractivity contribution < 1.29 is 8.42 Å². The summed E-state index contributed by atoms with van der Waals surface area (Å²) >= 11 is 5.54.